The van der Waals surface area contributed by atoms with Gasteiger partial charge in [-0.2, -0.15) is 0 Å². The molecule has 0 aliphatic heterocycles. The van der Waals surface area contributed by atoms with Crippen molar-refractivity contribution in [1.29, 1.82) is 0 Å². The predicted molar refractivity (Wildman–Crippen MR) is 62.2 cm³/mol. The number of H-pyrrole nitrogens is 1. The molecule has 82 valence electrons. The summed E-state index contributed by atoms with van der Waals surface area (Å²) in [7, 11) is 0. The van der Waals surface area contributed by atoms with Crippen LogP contribution in [0.15, 0.2) is 22.5 Å². The van der Waals surface area contributed by atoms with Crippen molar-refractivity contribution in [2.24, 2.45) is 0 Å². The van der Waals surface area contributed by atoms with Crippen LogP contribution >= 0.6 is 0 Å². The van der Waals surface area contributed by atoms with E-state index in [0.29, 0.717) is 18.2 Å². The molecule has 1 heterocycles. The number of aryl methyl sites for hydroxylation is 1. The van der Waals surface area contributed by atoms with E-state index in [4.69, 9.17) is 0 Å². The fourth-order valence-electron chi connectivity index (χ4n) is 1.13. The van der Waals surface area contributed by atoms with E-state index in [0.717, 1.165) is 6.42 Å². The second-order valence-electron chi connectivity index (χ2n) is 3.59. The lowest BCUT2D eigenvalue weighted by atomic mass is 10.3. The Hall–Kier alpha value is -1.58. The molecule has 0 saturated carbocycles. The molecule has 0 aliphatic rings. The molecule has 0 fully saturated rings. The average Bonchev–Trinajstić information content (AvgIpc) is 2.16. The van der Waals surface area contributed by atoms with E-state index in [2.05, 4.69) is 21.4 Å². The van der Waals surface area contributed by atoms with E-state index in [9.17, 15) is 4.79 Å². The van der Waals surface area contributed by atoms with Gasteiger partial charge in [0.05, 0.1) is 0 Å². The zero-order chi connectivity index (χ0) is 11.3. The predicted octanol–water partition coefficient (Wildman–Crippen LogP) is 1.71. The van der Waals surface area contributed by atoms with Crippen molar-refractivity contribution in [3.63, 3.8) is 0 Å². The summed E-state index contributed by atoms with van der Waals surface area (Å²) < 4.78 is 0. The van der Waals surface area contributed by atoms with Crippen molar-refractivity contribution in [3.05, 3.63) is 33.9 Å². The first-order chi connectivity index (χ1) is 7.11. The SMILES string of the molecule is CCc1nc(NCC=C(C)C)cc(=O)[nH]1. The zero-order valence-electron chi connectivity index (χ0n) is 9.42. The lowest BCUT2D eigenvalue weighted by molar-refractivity contribution is 0.919. The Morgan fingerprint density at radius 3 is 2.93 bits per heavy atom. The maximum atomic E-state index is 11.2. The van der Waals surface area contributed by atoms with Gasteiger partial charge in [-0.05, 0) is 13.8 Å². The molecule has 1 aromatic rings. The molecule has 4 heteroatoms. The summed E-state index contributed by atoms with van der Waals surface area (Å²) in [6.45, 7) is 6.72. The molecule has 0 unspecified atom stereocenters. The normalized spacial score (nSPS) is 9.80. The molecule has 15 heavy (non-hydrogen) atoms. The molecule has 0 atom stereocenters. The first-order valence-electron chi connectivity index (χ1n) is 5.09. The highest BCUT2D eigenvalue weighted by Gasteiger charge is 1.97. The average molecular weight is 207 g/mol. The van der Waals surface area contributed by atoms with Crippen molar-refractivity contribution >= 4 is 5.82 Å². The molecule has 2 N–H and O–H groups in total. The maximum Gasteiger partial charge on any atom is 0.252 e. The van der Waals surface area contributed by atoms with E-state index >= 15 is 0 Å². The Labute approximate surface area is 89.4 Å². The molecule has 1 aromatic heterocycles. The Kier molecular flexibility index (Phi) is 4.09. The van der Waals surface area contributed by atoms with Crippen LogP contribution in [0.2, 0.25) is 0 Å². The third-order valence-corrected chi connectivity index (χ3v) is 1.92. The van der Waals surface area contributed by atoms with E-state index in [1.165, 1.54) is 11.6 Å². The van der Waals surface area contributed by atoms with E-state index in [1.807, 2.05) is 20.8 Å². The minimum Gasteiger partial charge on any atom is -0.366 e. The zero-order valence-corrected chi connectivity index (χ0v) is 9.42. The highest BCUT2D eigenvalue weighted by atomic mass is 16.1. The monoisotopic (exact) mass is 207 g/mol. The summed E-state index contributed by atoms with van der Waals surface area (Å²) in [6.07, 6.45) is 2.78. The number of anilines is 1. The molecule has 0 aromatic carbocycles. The van der Waals surface area contributed by atoms with Gasteiger partial charge in [-0.15, -0.1) is 0 Å². The molecule has 0 spiro atoms. The molecule has 0 aliphatic carbocycles. The first kappa shape index (κ1) is 11.5. The van der Waals surface area contributed by atoms with Crippen molar-refractivity contribution in [1.82, 2.24) is 9.97 Å². The Morgan fingerprint density at radius 1 is 1.60 bits per heavy atom. The number of nitrogens with zero attached hydrogens (tertiary/aromatic N) is 1. The van der Waals surface area contributed by atoms with Gasteiger partial charge in [-0.3, -0.25) is 4.79 Å². The molecule has 0 saturated heterocycles. The summed E-state index contributed by atoms with van der Waals surface area (Å²) >= 11 is 0. The summed E-state index contributed by atoms with van der Waals surface area (Å²) in [5.74, 6) is 1.34. The van der Waals surface area contributed by atoms with E-state index < -0.39 is 0 Å². The molecule has 4 nitrogen and oxygen atoms in total. The largest absolute Gasteiger partial charge is 0.366 e. The van der Waals surface area contributed by atoms with Gasteiger partial charge in [0.25, 0.3) is 5.56 Å². The second kappa shape index (κ2) is 5.34. The number of hydrogen-bond acceptors (Lipinski definition) is 3. The maximum absolute atomic E-state index is 11.2. The van der Waals surface area contributed by atoms with Crippen molar-refractivity contribution in [2.75, 3.05) is 11.9 Å². The van der Waals surface area contributed by atoms with Crippen LogP contribution in [-0.4, -0.2) is 16.5 Å². The summed E-state index contributed by atoms with van der Waals surface area (Å²) in [6, 6.07) is 1.47. The molecule has 1 rings (SSSR count). The van der Waals surface area contributed by atoms with Gasteiger partial charge in [0, 0.05) is 19.0 Å². The van der Waals surface area contributed by atoms with Gasteiger partial charge in [0.1, 0.15) is 11.6 Å². The highest BCUT2D eigenvalue weighted by Crippen LogP contribution is 1.99. The fourth-order valence-corrected chi connectivity index (χ4v) is 1.13. The number of allylic oxidation sites excluding steroid dienone is 1. The smallest absolute Gasteiger partial charge is 0.252 e. The number of rotatable bonds is 4. The standard InChI is InChI=1S/C11H17N3O/c1-4-9-13-10(7-11(15)14-9)12-6-5-8(2)3/h5,7H,4,6H2,1-3H3,(H2,12,13,14,15). The number of hydrogen-bond donors (Lipinski definition) is 2. The van der Waals surface area contributed by atoms with Crippen molar-refractivity contribution in [2.45, 2.75) is 27.2 Å². The number of aromatic nitrogens is 2. The topological polar surface area (TPSA) is 57.8 Å². The highest BCUT2D eigenvalue weighted by molar-refractivity contribution is 5.33. The van der Waals surface area contributed by atoms with Crippen molar-refractivity contribution in [3.8, 4) is 0 Å². The van der Waals surface area contributed by atoms with Crippen LogP contribution in [0.4, 0.5) is 5.82 Å². The van der Waals surface area contributed by atoms with Crippen LogP contribution in [0.1, 0.15) is 26.6 Å². The van der Waals surface area contributed by atoms with Gasteiger partial charge in [-0.1, -0.05) is 18.6 Å². The lowest BCUT2D eigenvalue weighted by Gasteiger charge is -2.03. The van der Waals surface area contributed by atoms with E-state index in [1.54, 1.807) is 0 Å². The van der Waals surface area contributed by atoms with Gasteiger partial charge in [-0.25, -0.2) is 4.98 Å². The Balaban J connectivity index is 2.73. The van der Waals surface area contributed by atoms with Gasteiger partial charge in [0.15, 0.2) is 0 Å². The third kappa shape index (κ3) is 3.97. The molecule has 0 amide bonds. The van der Waals surface area contributed by atoms with Crippen LogP contribution in [0.5, 0.6) is 0 Å². The van der Waals surface area contributed by atoms with Crippen LogP contribution in [0.25, 0.3) is 0 Å². The minimum atomic E-state index is -0.110. The lowest BCUT2D eigenvalue weighted by Crippen LogP contribution is -2.13. The quantitative estimate of drug-likeness (QED) is 0.739. The van der Waals surface area contributed by atoms with Gasteiger partial charge < -0.3 is 10.3 Å². The fraction of sp³-hybridized carbons (Fsp3) is 0.455. The summed E-state index contributed by atoms with van der Waals surface area (Å²) in [5.41, 5.74) is 1.13. The number of nitrogens with one attached hydrogen (secondary N) is 2. The van der Waals surface area contributed by atoms with Crippen LogP contribution in [0.3, 0.4) is 0 Å². The van der Waals surface area contributed by atoms with Crippen LogP contribution in [0, 0.1) is 0 Å². The Morgan fingerprint density at radius 2 is 2.33 bits per heavy atom. The molecule has 0 radical (unpaired) electrons. The number of aromatic amines is 1. The molecule has 0 bridgehead atoms. The minimum absolute atomic E-state index is 0.110. The van der Waals surface area contributed by atoms with Crippen LogP contribution in [-0.2, 0) is 6.42 Å². The van der Waals surface area contributed by atoms with Crippen molar-refractivity contribution < 1.29 is 0 Å². The first-order valence-corrected chi connectivity index (χ1v) is 5.09. The summed E-state index contributed by atoms with van der Waals surface area (Å²) in [4.78, 5) is 18.1. The summed E-state index contributed by atoms with van der Waals surface area (Å²) in [5, 5.41) is 3.08. The third-order valence-electron chi connectivity index (χ3n) is 1.92. The molecular formula is C11H17N3O. The second-order valence-corrected chi connectivity index (χ2v) is 3.59. The van der Waals surface area contributed by atoms with Gasteiger partial charge >= 0.3 is 0 Å². The molecular weight excluding hydrogens is 190 g/mol. The van der Waals surface area contributed by atoms with Gasteiger partial charge in [0.2, 0.25) is 0 Å². The van der Waals surface area contributed by atoms with Crippen LogP contribution < -0.4 is 10.9 Å². The van der Waals surface area contributed by atoms with E-state index in [-0.39, 0.29) is 5.56 Å². The Bertz CT molecular complexity index is 403.